The number of aromatic amines is 1. The van der Waals surface area contributed by atoms with Gasteiger partial charge in [-0.05, 0) is 30.3 Å². The first-order valence-electron chi connectivity index (χ1n) is 7.85. The van der Waals surface area contributed by atoms with Gasteiger partial charge in [-0.25, -0.2) is 4.98 Å². The highest BCUT2D eigenvalue weighted by molar-refractivity contribution is 6.30. The van der Waals surface area contributed by atoms with Crippen molar-refractivity contribution in [3.8, 4) is 17.1 Å². The van der Waals surface area contributed by atoms with Gasteiger partial charge in [0.2, 0.25) is 0 Å². The summed E-state index contributed by atoms with van der Waals surface area (Å²) in [6.45, 7) is 0. The van der Waals surface area contributed by atoms with Gasteiger partial charge < -0.3 is 15.3 Å². The largest absolute Gasteiger partial charge is 0.366 e. The van der Waals surface area contributed by atoms with Crippen LogP contribution < -0.4 is 5.73 Å². The number of nitrogens with one attached hydrogen (secondary N) is 1. The molecule has 0 saturated heterocycles. The molecule has 8 nitrogen and oxygen atoms in total. The zero-order valence-corrected chi connectivity index (χ0v) is 14.5. The third-order valence-electron chi connectivity index (χ3n) is 4.16. The summed E-state index contributed by atoms with van der Waals surface area (Å²) in [6.07, 6.45) is 3.39. The predicted octanol–water partition coefficient (Wildman–Crippen LogP) is 3.68. The summed E-state index contributed by atoms with van der Waals surface area (Å²) in [6, 6.07) is 11.3. The fourth-order valence-electron chi connectivity index (χ4n) is 2.92. The number of nitrogens with two attached hydrogens (primary N) is 1. The van der Waals surface area contributed by atoms with Crippen LogP contribution in [0, 0.1) is 10.1 Å². The van der Waals surface area contributed by atoms with E-state index in [4.69, 9.17) is 17.3 Å². The lowest BCUT2D eigenvalue weighted by atomic mass is 10.2. The smallest absolute Gasteiger partial charge is 0.294 e. The Morgan fingerprint density at radius 3 is 2.81 bits per heavy atom. The SMILES string of the molecule is NC(=O)c1cccc2[nH]c(-c3ccn(-c4ccc(Cl)cc4[N+](=O)[O-])c3)nc12. The van der Waals surface area contributed by atoms with Gasteiger partial charge in [0.25, 0.3) is 11.6 Å². The molecule has 0 bridgehead atoms. The lowest BCUT2D eigenvalue weighted by Crippen LogP contribution is -2.11. The molecule has 0 aliphatic rings. The molecule has 0 aliphatic carbocycles. The van der Waals surface area contributed by atoms with Crippen LogP contribution in [0.1, 0.15) is 10.4 Å². The highest BCUT2D eigenvalue weighted by atomic mass is 35.5. The van der Waals surface area contributed by atoms with Crippen molar-refractivity contribution < 1.29 is 9.72 Å². The molecule has 0 aliphatic heterocycles. The Bertz CT molecular complexity index is 1210. The minimum atomic E-state index is -0.562. The van der Waals surface area contributed by atoms with Crippen molar-refractivity contribution in [2.24, 2.45) is 5.73 Å². The summed E-state index contributed by atoms with van der Waals surface area (Å²) in [5, 5.41) is 11.6. The van der Waals surface area contributed by atoms with Crippen molar-refractivity contribution in [3.63, 3.8) is 0 Å². The van der Waals surface area contributed by atoms with Gasteiger partial charge in [-0.2, -0.15) is 0 Å². The van der Waals surface area contributed by atoms with Crippen LogP contribution in [-0.4, -0.2) is 25.4 Å². The molecule has 134 valence electrons. The molecule has 0 radical (unpaired) electrons. The average molecular weight is 382 g/mol. The topological polar surface area (TPSA) is 120 Å². The van der Waals surface area contributed by atoms with Crippen molar-refractivity contribution >= 4 is 34.2 Å². The van der Waals surface area contributed by atoms with Gasteiger partial charge in [0.1, 0.15) is 17.0 Å². The third-order valence-corrected chi connectivity index (χ3v) is 4.39. The summed E-state index contributed by atoms with van der Waals surface area (Å²) in [5.41, 5.74) is 7.84. The van der Waals surface area contributed by atoms with E-state index in [2.05, 4.69) is 9.97 Å². The Morgan fingerprint density at radius 1 is 1.26 bits per heavy atom. The predicted molar refractivity (Wildman–Crippen MR) is 101 cm³/mol. The van der Waals surface area contributed by atoms with Crippen LogP contribution in [0.25, 0.3) is 28.1 Å². The van der Waals surface area contributed by atoms with E-state index < -0.39 is 10.8 Å². The highest BCUT2D eigenvalue weighted by Crippen LogP contribution is 2.29. The van der Waals surface area contributed by atoms with Crippen LogP contribution >= 0.6 is 11.6 Å². The van der Waals surface area contributed by atoms with E-state index in [0.717, 1.165) is 0 Å². The number of carbonyl (C=O) groups is 1. The molecule has 9 heteroatoms. The van der Waals surface area contributed by atoms with Crippen LogP contribution in [0.2, 0.25) is 5.02 Å². The molecule has 2 aromatic carbocycles. The number of para-hydroxylation sites is 1. The molecule has 0 unspecified atom stereocenters. The molecule has 1 amide bonds. The maximum absolute atomic E-state index is 11.6. The molecule has 2 aromatic heterocycles. The van der Waals surface area contributed by atoms with Gasteiger partial charge in [-0.3, -0.25) is 14.9 Å². The molecule has 2 heterocycles. The summed E-state index contributed by atoms with van der Waals surface area (Å²) >= 11 is 5.87. The second-order valence-corrected chi connectivity index (χ2v) is 6.29. The van der Waals surface area contributed by atoms with Gasteiger partial charge in [-0.15, -0.1) is 0 Å². The quantitative estimate of drug-likeness (QED) is 0.413. The Morgan fingerprint density at radius 2 is 2.07 bits per heavy atom. The molecule has 27 heavy (non-hydrogen) atoms. The normalized spacial score (nSPS) is 11.0. The Labute approximate surface area is 157 Å². The first-order chi connectivity index (χ1) is 12.9. The minimum Gasteiger partial charge on any atom is -0.366 e. The standard InChI is InChI=1S/C18H12ClN5O3/c19-11-4-5-14(15(8-11)24(26)27)23-7-6-10(9-23)18-21-13-3-1-2-12(17(20)25)16(13)22-18/h1-9H,(H2,20,25)(H,21,22). The number of amides is 1. The molecule has 3 N–H and O–H groups in total. The van der Waals surface area contributed by atoms with Gasteiger partial charge in [0, 0.05) is 29.0 Å². The fraction of sp³-hybridized carbons (Fsp3) is 0. The monoisotopic (exact) mass is 381 g/mol. The first-order valence-corrected chi connectivity index (χ1v) is 8.23. The van der Waals surface area contributed by atoms with Crippen molar-refractivity contribution in [2.75, 3.05) is 0 Å². The molecular formula is C18H12ClN5O3. The number of carbonyl (C=O) groups excluding carboxylic acids is 1. The Hall–Kier alpha value is -3.65. The number of hydrogen-bond donors (Lipinski definition) is 2. The van der Waals surface area contributed by atoms with E-state index in [-0.39, 0.29) is 10.7 Å². The van der Waals surface area contributed by atoms with Crippen LogP contribution in [0.15, 0.2) is 54.9 Å². The maximum atomic E-state index is 11.6. The number of rotatable bonds is 4. The van der Waals surface area contributed by atoms with Gasteiger partial charge >= 0.3 is 0 Å². The van der Waals surface area contributed by atoms with Crippen LogP contribution in [0.5, 0.6) is 0 Å². The van der Waals surface area contributed by atoms with E-state index >= 15 is 0 Å². The van der Waals surface area contributed by atoms with Crippen LogP contribution in [-0.2, 0) is 0 Å². The number of halogens is 1. The maximum Gasteiger partial charge on any atom is 0.294 e. The number of imidazole rings is 1. The minimum absolute atomic E-state index is 0.106. The lowest BCUT2D eigenvalue weighted by molar-refractivity contribution is -0.384. The van der Waals surface area contributed by atoms with Crippen molar-refractivity contribution in [1.29, 1.82) is 0 Å². The second kappa shape index (κ2) is 6.26. The third kappa shape index (κ3) is 2.91. The number of aromatic nitrogens is 3. The molecular weight excluding hydrogens is 370 g/mol. The first kappa shape index (κ1) is 16.8. The van der Waals surface area contributed by atoms with Gasteiger partial charge in [-0.1, -0.05) is 17.7 Å². The number of primary amides is 1. The van der Waals surface area contributed by atoms with Gasteiger partial charge in [0.05, 0.1) is 16.0 Å². The van der Waals surface area contributed by atoms with E-state index in [0.29, 0.717) is 33.7 Å². The Balaban J connectivity index is 1.80. The number of hydrogen-bond acceptors (Lipinski definition) is 4. The van der Waals surface area contributed by atoms with E-state index in [9.17, 15) is 14.9 Å². The highest BCUT2D eigenvalue weighted by Gasteiger charge is 2.17. The molecule has 0 spiro atoms. The van der Waals surface area contributed by atoms with Crippen molar-refractivity contribution in [2.45, 2.75) is 0 Å². The van der Waals surface area contributed by atoms with Crippen molar-refractivity contribution in [3.05, 3.63) is 75.6 Å². The summed E-state index contributed by atoms with van der Waals surface area (Å²) in [4.78, 5) is 30.0. The molecule has 4 aromatic rings. The van der Waals surface area contributed by atoms with E-state index in [1.54, 1.807) is 53.4 Å². The van der Waals surface area contributed by atoms with E-state index in [1.807, 2.05) is 0 Å². The fourth-order valence-corrected chi connectivity index (χ4v) is 3.08. The zero-order valence-electron chi connectivity index (χ0n) is 13.7. The van der Waals surface area contributed by atoms with Crippen LogP contribution in [0.4, 0.5) is 5.69 Å². The van der Waals surface area contributed by atoms with Crippen molar-refractivity contribution in [1.82, 2.24) is 14.5 Å². The molecule has 0 saturated carbocycles. The summed E-state index contributed by atoms with van der Waals surface area (Å²) in [7, 11) is 0. The molecule has 0 fully saturated rings. The summed E-state index contributed by atoms with van der Waals surface area (Å²) < 4.78 is 1.62. The lowest BCUT2D eigenvalue weighted by Gasteiger charge is -2.04. The number of nitro groups is 1. The molecule has 0 atom stereocenters. The summed E-state index contributed by atoms with van der Waals surface area (Å²) in [5.74, 6) is -0.0397. The number of nitro benzene ring substituents is 1. The van der Waals surface area contributed by atoms with Gasteiger partial charge in [0.15, 0.2) is 0 Å². The molecule has 4 rings (SSSR count). The van der Waals surface area contributed by atoms with Crippen LogP contribution in [0.3, 0.4) is 0 Å². The number of H-pyrrole nitrogens is 1. The second-order valence-electron chi connectivity index (χ2n) is 5.85. The Kier molecular flexibility index (Phi) is 3.89. The zero-order chi connectivity index (χ0) is 19.1. The number of benzene rings is 2. The number of nitrogens with zero attached hydrogens (tertiary/aromatic N) is 3. The number of fused-ring (bicyclic) bond motifs is 1. The average Bonchev–Trinajstić information content (AvgIpc) is 3.27. The van der Waals surface area contributed by atoms with E-state index in [1.165, 1.54) is 6.07 Å².